The summed E-state index contributed by atoms with van der Waals surface area (Å²) in [6.45, 7) is 7.55. The highest BCUT2D eigenvalue weighted by Gasteiger charge is 2.32. The Labute approximate surface area is 175 Å². The van der Waals surface area contributed by atoms with Gasteiger partial charge in [-0.05, 0) is 51.7 Å². The van der Waals surface area contributed by atoms with Crippen molar-refractivity contribution in [3.05, 3.63) is 23.7 Å². The van der Waals surface area contributed by atoms with Crippen LogP contribution in [-0.2, 0) is 4.79 Å². The van der Waals surface area contributed by atoms with E-state index in [0.717, 1.165) is 19.4 Å². The predicted molar refractivity (Wildman–Crippen MR) is 111 cm³/mol. The van der Waals surface area contributed by atoms with Crippen molar-refractivity contribution in [2.75, 3.05) is 31.6 Å². The zero-order valence-corrected chi connectivity index (χ0v) is 17.8. The molecule has 30 heavy (non-hydrogen) atoms. The average Bonchev–Trinajstić information content (AvgIpc) is 2.91. The van der Waals surface area contributed by atoms with Gasteiger partial charge in [0.1, 0.15) is 5.70 Å². The maximum absolute atomic E-state index is 11.9. The first kappa shape index (κ1) is 21.5. The molecule has 1 aromatic rings. The van der Waals surface area contributed by atoms with Crippen LogP contribution >= 0.6 is 0 Å². The summed E-state index contributed by atoms with van der Waals surface area (Å²) in [5.74, 6) is 0.236. The first-order valence-electron chi connectivity index (χ1n) is 9.95. The van der Waals surface area contributed by atoms with Gasteiger partial charge in [-0.2, -0.15) is 0 Å². The molecule has 10 heteroatoms. The highest BCUT2D eigenvalue weighted by molar-refractivity contribution is 6.13. The molecule has 0 aliphatic carbocycles. The zero-order valence-electron chi connectivity index (χ0n) is 17.8. The van der Waals surface area contributed by atoms with Crippen molar-refractivity contribution in [3.63, 3.8) is 0 Å². The van der Waals surface area contributed by atoms with E-state index in [-0.39, 0.29) is 11.6 Å². The third-order valence-electron chi connectivity index (χ3n) is 5.35. The highest BCUT2D eigenvalue weighted by atomic mass is 16.4. The molecule has 3 rings (SSSR count). The second-order valence-electron chi connectivity index (χ2n) is 8.65. The molecule has 2 saturated heterocycles. The van der Waals surface area contributed by atoms with Crippen LogP contribution in [0.25, 0.3) is 6.08 Å². The molecule has 0 saturated carbocycles. The number of imide groups is 1. The highest BCUT2D eigenvalue weighted by Crippen LogP contribution is 2.25. The summed E-state index contributed by atoms with van der Waals surface area (Å²) in [6, 6.07) is 1.20. The number of carboxylic acid groups (broad SMARTS) is 1. The van der Waals surface area contributed by atoms with Gasteiger partial charge in [-0.15, -0.1) is 0 Å². The number of nitrogens with zero attached hydrogens (tertiary/aromatic N) is 5. The summed E-state index contributed by atoms with van der Waals surface area (Å²) < 4.78 is 0. The second kappa shape index (κ2) is 8.29. The van der Waals surface area contributed by atoms with Gasteiger partial charge in [-0.1, -0.05) is 0 Å². The van der Waals surface area contributed by atoms with Crippen LogP contribution in [0.5, 0.6) is 0 Å². The molecule has 162 valence electrons. The number of urea groups is 1. The minimum absolute atomic E-state index is 0.170. The molecule has 1 aromatic heterocycles. The minimum atomic E-state index is -0.919. The van der Waals surface area contributed by atoms with E-state index < -0.39 is 23.6 Å². The Balaban J connectivity index is 1.75. The molecular weight excluding hydrogens is 388 g/mol. The number of aromatic nitrogens is 2. The van der Waals surface area contributed by atoms with E-state index in [1.807, 2.05) is 25.7 Å². The number of likely N-dealkylation sites (N-methyl/N-ethyl adjacent to an activating group) is 1. The van der Waals surface area contributed by atoms with Gasteiger partial charge in [-0.25, -0.2) is 19.6 Å². The molecule has 1 unspecified atom stereocenters. The first-order chi connectivity index (χ1) is 14.1. The Bertz CT molecular complexity index is 878. The monoisotopic (exact) mass is 416 g/mol. The molecule has 2 aliphatic rings. The van der Waals surface area contributed by atoms with Crippen LogP contribution < -0.4 is 10.2 Å². The number of rotatable bonds is 4. The van der Waals surface area contributed by atoms with Gasteiger partial charge < -0.3 is 14.9 Å². The molecule has 10 nitrogen and oxygen atoms in total. The second-order valence-corrected chi connectivity index (χ2v) is 8.65. The topological polar surface area (TPSA) is 119 Å². The number of hydrogen-bond acceptors (Lipinski definition) is 6. The van der Waals surface area contributed by atoms with Crippen LogP contribution in [0.2, 0.25) is 0 Å². The lowest BCUT2D eigenvalue weighted by molar-refractivity contribution is -0.115. The maximum Gasteiger partial charge on any atom is 0.407 e. The third kappa shape index (κ3) is 4.69. The zero-order chi connectivity index (χ0) is 22.1. The third-order valence-corrected chi connectivity index (χ3v) is 5.35. The summed E-state index contributed by atoms with van der Waals surface area (Å²) in [5.41, 5.74) is 0.279. The number of anilines is 1. The summed E-state index contributed by atoms with van der Waals surface area (Å²) in [7, 11) is 1.52. The molecule has 4 amide bonds. The summed E-state index contributed by atoms with van der Waals surface area (Å²) in [4.78, 5) is 48.9. The average molecular weight is 416 g/mol. The van der Waals surface area contributed by atoms with Crippen LogP contribution in [0.15, 0.2) is 18.0 Å². The Morgan fingerprint density at radius 3 is 2.73 bits per heavy atom. The summed E-state index contributed by atoms with van der Waals surface area (Å²) >= 11 is 0. The fourth-order valence-electron chi connectivity index (χ4n) is 3.70. The van der Waals surface area contributed by atoms with Gasteiger partial charge in [0.25, 0.3) is 5.91 Å². The lowest BCUT2D eigenvalue weighted by atomic mass is 9.95. The van der Waals surface area contributed by atoms with Crippen molar-refractivity contribution in [1.82, 2.24) is 25.1 Å². The van der Waals surface area contributed by atoms with Gasteiger partial charge in [0.05, 0.1) is 5.69 Å². The van der Waals surface area contributed by atoms with Crippen molar-refractivity contribution in [2.24, 2.45) is 5.92 Å². The van der Waals surface area contributed by atoms with E-state index in [1.54, 1.807) is 18.3 Å². The van der Waals surface area contributed by atoms with Crippen molar-refractivity contribution in [2.45, 2.75) is 39.2 Å². The fourth-order valence-corrected chi connectivity index (χ4v) is 3.70. The molecule has 2 aliphatic heterocycles. The molecule has 2 N–H and O–H groups in total. The number of carbonyl (C=O) groups excluding carboxylic acids is 2. The van der Waals surface area contributed by atoms with Crippen LogP contribution in [0.4, 0.5) is 15.5 Å². The maximum atomic E-state index is 11.9. The summed E-state index contributed by atoms with van der Waals surface area (Å²) in [5, 5.41) is 11.8. The molecule has 0 aromatic carbocycles. The van der Waals surface area contributed by atoms with Gasteiger partial charge >= 0.3 is 12.1 Å². The quantitative estimate of drug-likeness (QED) is 0.569. The predicted octanol–water partition coefficient (Wildman–Crippen LogP) is 1.99. The van der Waals surface area contributed by atoms with E-state index in [1.165, 1.54) is 16.8 Å². The van der Waals surface area contributed by atoms with Crippen molar-refractivity contribution >= 4 is 30.1 Å². The number of nitrogens with one attached hydrogen (secondary N) is 1. The Morgan fingerprint density at radius 2 is 2.13 bits per heavy atom. The van der Waals surface area contributed by atoms with Gasteiger partial charge in [-0.3, -0.25) is 15.0 Å². The van der Waals surface area contributed by atoms with E-state index in [2.05, 4.69) is 15.3 Å². The molecule has 0 bridgehead atoms. The van der Waals surface area contributed by atoms with Crippen LogP contribution in [-0.4, -0.2) is 75.1 Å². The Kier molecular flexibility index (Phi) is 5.95. The summed E-state index contributed by atoms with van der Waals surface area (Å²) in [6.07, 6.45) is 4.10. The van der Waals surface area contributed by atoms with Crippen LogP contribution in [0.1, 0.15) is 39.3 Å². The molecule has 1 atom stereocenters. The van der Waals surface area contributed by atoms with Crippen molar-refractivity contribution in [3.8, 4) is 0 Å². The molecular formula is C20H28N6O4. The van der Waals surface area contributed by atoms with E-state index in [4.69, 9.17) is 0 Å². The Hall–Kier alpha value is -3.17. The van der Waals surface area contributed by atoms with E-state index in [0.29, 0.717) is 24.7 Å². The van der Waals surface area contributed by atoms with Crippen molar-refractivity contribution in [1.29, 1.82) is 0 Å². The first-order valence-corrected chi connectivity index (χ1v) is 9.95. The minimum Gasteiger partial charge on any atom is -0.465 e. The standard InChI is InChI=1S/C20H28N6O4/c1-20(2,3)26(19(29)30)12-13-6-5-9-25(11-13)17-21-8-7-14(22-17)10-15-16(27)23-18(28)24(15)4/h7-8,10,13H,5-6,9,11-12H2,1-4H3,(H,29,30)(H,23,27,28)/b15-10-. The molecule has 3 heterocycles. The number of piperidine rings is 1. The van der Waals surface area contributed by atoms with Crippen LogP contribution in [0.3, 0.4) is 0 Å². The smallest absolute Gasteiger partial charge is 0.407 e. The van der Waals surface area contributed by atoms with Crippen LogP contribution in [0, 0.1) is 5.92 Å². The SMILES string of the molecule is CN1C(=O)NC(=O)/C1=C/c1ccnc(N2CCCC(CN(C(=O)O)C(C)(C)C)C2)n1. The van der Waals surface area contributed by atoms with Gasteiger partial charge in [0, 0.05) is 38.4 Å². The lowest BCUT2D eigenvalue weighted by Crippen LogP contribution is -2.50. The normalized spacial score (nSPS) is 21.2. The van der Waals surface area contributed by atoms with E-state index >= 15 is 0 Å². The van der Waals surface area contributed by atoms with Gasteiger partial charge in [0.15, 0.2) is 0 Å². The van der Waals surface area contributed by atoms with E-state index in [9.17, 15) is 19.5 Å². The number of carbonyl (C=O) groups is 3. The van der Waals surface area contributed by atoms with Crippen molar-refractivity contribution < 1.29 is 19.5 Å². The lowest BCUT2D eigenvalue weighted by Gasteiger charge is -2.39. The largest absolute Gasteiger partial charge is 0.465 e. The number of amides is 4. The molecule has 2 fully saturated rings. The molecule has 0 spiro atoms. The fraction of sp³-hybridized carbons (Fsp3) is 0.550. The number of hydrogen-bond donors (Lipinski definition) is 2. The van der Waals surface area contributed by atoms with Gasteiger partial charge in [0.2, 0.25) is 5.95 Å². The molecule has 0 radical (unpaired) electrons. The Morgan fingerprint density at radius 1 is 1.40 bits per heavy atom.